The predicted octanol–water partition coefficient (Wildman–Crippen LogP) is 3.49. The lowest BCUT2D eigenvalue weighted by Crippen LogP contribution is -2.25. The van der Waals surface area contributed by atoms with Gasteiger partial charge in [0.25, 0.3) is 0 Å². The van der Waals surface area contributed by atoms with Crippen LogP contribution in [0.25, 0.3) is 6.08 Å². The number of hydrogen-bond acceptors (Lipinski definition) is 8. The minimum atomic E-state index is -1.06. The zero-order valence-corrected chi connectivity index (χ0v) is 18.6. The second-order valence-electron chi connectivity index (χ2n) is 7.69. The van der Waals surface area contributed by atoms with E-state index in [4.69, 9.17) is 22.7 Å². The minimum Gasteiger partial charge on any atom is -0.386 e. The van der Waals surface area contributed by atoms with Crippen molar-refractivity contribution in [1.82, 2.24) is 19.9 Å². The van der Waals surface area contributed by atoms with Gasteiger partial charge in [-0.15, -0.1) is 0 Å². The number of benzene rings is 1. The third kappa shape index (κ3) is 5.11. The first-order valence-corrected chi connectivity index (χ1v) is 10.1. The number of hydrogen-bond donors (Lipinski definition) is 5. The van der Waals surface area contributed by atoms with E-state index >= 15 is 0 Å². The van der Waals surface area contributed by atoms with Gasteiger partial charge in [-0.25, -0.2) is 15.0 Å². The smallest absolute Gasteiger partial charge is 0.150 e. The van der Waals surface area contributed by atoms with Crippen LogP contribution in [0, 0.1) is 16.7 Å². The van der Waals surface area contributed by atoms with Gasteiger partial charge in [0.05, 0.1) is 23.6 Å². The maximum absolute atomic E-state index is 10.4. The van der Waals surface area contributed by atoms with Crippen molar-refractivity contribution in [3.05, 3.63) is 70.0 Å². The quantitative estimate of drug-likeness (QED) is 0.344. The molecule has 32 heavy (non-hydrogen) atoms. The van der Waals surface area contributed by atoms with Crippen LogP contribution in [0.4, 0.5) is 11.6 Å². The van der Waals surface area contributed by atoms with Gasteiger partial charge in [0.15, 0.2) is 0 Å². The van der Waals surface area contributed by atoms with Gasteiger partial charge >= 0.3 is 0 Å². The largest absolute Gasteiger partial charge is 0.386 e. The molecule has 0 fully saturated rings. The first-order chi connectivity index (χ1) is 15.1. The molecule has 3 aromatic rings. The Hall–Kier alpha value is -3.74. The van der Waals surface area contributed by atoms with Crippen molar-refractivity contribution in [3.63, 3.8) is 0 Å². The number of rotatable bonds is 7. The number of halogens is 1. The van der Waals surface area contributed by atoms with Crippen molar-refractivity contribution < 1.29 is 5.11 Å². The summed E-state index contributed by atoms with van der Waals surface area (Å²) in [4.78, 5) is 15.1. The average Bonchev–Trinajstić information content (AvgIpc) is 3.16. The number of nitrogens with one attached hydrogen (secondary N) is 3. The molecule has 0 bridgehead atoms. The van der Waals surface area contributed by atoms with Crippen LogP contribution in [0.2, 0.25) is 5.15 Å². The fraction of sp³-hybridized carbons (Fsp3) is 0.227. The molecule has 9 nitrogen and oxygen atoms in total. The summed E-state index contributed by atoms with van der Waals surface area (Å²) in [6.07, 6.45) is 4.43. The maximum Gasteiger partial charge on any atom is 0.150 e. The molecule has 0 radical (unpaired) electrons. The molecule has 1 atom stereocenters. The van der Waals surface area contributed by atoms with Crippen LogP contribution in [0.3, 0.4) is 0 Å². The molecule has 2 aromatic heterocycles. The minimum absolute atomic E-state index is 0.0634. The van der Waals surface area contributed by atoms with E-state index in [0.29, 0.717) is 27.7 Å². The number of H-pyrrole nitrogens is 1. The lowest BCUT2D eigenvalue weighted by Gasteiger charge is -2.22. The van der Waals surface area contributed by atoms with E-state index in [0.717, 1.165) is 0 Å². The number of nitrogens with zero attached hydrogens (tertiary/aromatic N) is 4. The summed E-state index contributed by atoms with van der Waals surface area (Å²) in [5.41, 5.74) is 6.88. The fourth-order valence-corrected chi connectivity index (χ4v) is 3.22. The van der Waals surface area contributed by atoms with E-state index in [2.05, 4.69) is 25.3 Å². The SMILES string of the molecule is CC(Nc1ncnc(N)c1C#N)/C(=C/c1ncc(Cl)[nH]1)C(=N)c1cccc(C(C)(C)O)c1. The standard InChI is InChI=1S/C22H23ClN8O/c1-12(30-21-16(9-24)20(26)28-11-29-21)15(8-18-27-10-17(23)31-18)19(25)13-5-4-6-14(7-13)22(2,3)32/h4-8,10-12,25,32H,1-3H3,(H,27,31)(H3,26,28,29,30)/b15-8-,25-19?. The Morgan fingerprint density at radius 2 is 2.12 bits per heavy atom. The Morgan fingerprint density at radius 1 is 1.38 bits per heavy atom. The predicted molar refractivity (Wildman–Crippen MR) is 124 cm³/mol. The molecule has 1 unspecified atom stereocenters. The maximum atomic E-state index is 10.4. The van der Waals surface area contributed by atoms with Gasteiger partial charge in [-0.1, -0.05) is 29.8 Å². The Kier molecular flexibility index (Phi) is 6.58. The lowest BCUT2D eigenvalue weighted by atomic mass is 9.91. The number of imidazole rings is 1. The number of nitriles is 1. The summed E-state index contributed by atoms with van der Waals surface area (Å²) < 4.78 is 0. The number of anilines is 2. The van der Waals surface area contributed by atoms with E-state index < -0.39 is 11.6 Å². The van der Waals surface area contributed by atoms with Gasteiger partial charge in [-0.3, -0.25) is 5.41 Å². The molecule has 164 valence electrons. The third-order valence-corrected chi connectivity index (χ3v) is 5.00. The van der Waals surface area contributed by atoms with Gasteiger partial charge in [0, 0.05) is 11.1 Å². The molecule has 0 saturated carbocycles. The highest BCUT2D eigenvalue weighted by atomic mass is 35.5. The van der Waals surface area contributed by atoms with Crippen LogP contribution in [0.1, 0.15) is 43.3 Å². The molecular formula is C22H23ClN8O. The van der Waals surface area contributed by atoms with E-state index in [1.165, 1.54) is 12.5 Å². The second kappa shape index (κ2) is 9.18. The van der Waals surface area contributed by atoms with E-state index in [-0.39, 0.29) is 22.9 Å². The van der Waals surface area contributed by atoms with Gasteiger partial charge < -0.3 is 21.1 Å². The summed E-state index contributed by atoms with van der Waals surface area (Å²) in [5, 5.41) is 32.2. The number of aromatic amines is 1. The van der Waals surface area contributed by atoms with Crippen molar-refractivity contribution in [2.45, 2.75) is 32.4 Å². The van der Waals surface area contributed by atoms with Crippen LogP contribution in [0.5, 0.6) is 0 Å². The van der Waals surface area contributed by atoms with Gasteiger partial charge in [0.1, 0.15) is 40.6 Å². The van der Waals surface area contributed by atoms with Crippen LogP contribution < -0.4 is 11.1 Å². The third-order valence-electron chi connectivity index (χ3n) is 4.81. The van der Waals surface area contributed by atoms with Gasteiger partial charge in [-0.2, -0.15) is 5.26 Å². The zero-order valence-electron chi connectivity index (χ0n) is 17.8. The molecule has 0 spiro atoms. The molecule has 10 heteroatoms. The van der Waals surface area contributed by atoms with Crippen LogP contribution in [0.15, 0.2) is 42.4 Å². The van der Waals surface area contributed by atoms with E-state index in [1.807, 2.05) is 13.0 Å². The van der Waals surface area contributed by atoms with Crippen molar-refractivity contribution >= 4 is 35.0 Å². The van der Waals surface area contributed by atoms with Crippen LogP contribution in [-0.4, -0.2) is 36.8 Å². The zero-order chi connectivity index (χ0) is 23.5. The Labute approximate surface area is 190 Å². The molecule has 0 amide bonds. The summed E-state index contributed by atoms with van der Waals surface area (Å²) in [7, 11) is 0. The normalized spacial score (nSPS) is 12.8. The Bertz CT molecular complexity index is 1220. The van der Waals surface area contributed by atoms with Crippen molar-refractivity contribution in [3.8, 4) is 6.07 Å². The van der Waals surface area contributed by atoms with E-state index in [1.54, 1.807) is 44.2 Å². The van der Waals surface area contributed by atoms with E-state index in [9.17, 15) is 10.4 Å². The van der Waals surface area contributed by atoms with Crippen LogP contribution in [-0.2, 0) is 5.60 Å². The molecule has 0 saturated heterocycles. The Balaban J connectivity index is 2.04. The average molecular weight is 451 g/mol. The molecule has 2 heterocycles. The summed E-state index contributed by atoms with van der Waals surface area (Å²) >= 11 is 5.97. The molecular weight excluding hydrogens is 428 g/mol. The summed E-state index contributed by atoms with van der Waals surface area (Å²) in [5.74, 6) is 0.784. The molecule has 0 aliphatic heterocycles. The highest BCUT2D eigenvalue weighted by Gasteiger charge is 2.21. The molecule has 0 aliphatic carbocycles. The summed E-state index contributed by atoms with van der Waals surface area (Å²) in [6, 6.07) is 8.67. The number of aromatic nitrogens is 4. The first-order valence-electron chi connectivity index (χ1n) is 9.71. The molecule has 0 aliphatic rings. The first kappa shape index (κ1) is 22.9. The van der Waals surface area contributed by atoms with Crippen molar-refractivity contribution in [2.75, 3.05) is 11.1 Å². The number of nitrogens with two attached hydrogens (primary N) is 1. The lowest BCUT2D eigenvalue weighted by molar-refractivity contribution is 0.0786. The van der Waals surface area contributed by atoms with Crippen molar-refractivity contribution in [1.29, 1.82) is 10.7 Å². The topological polar surface area (TPSA) is 160 Å². The highest BCUT2D eigenvalue weighted by molar-refractivity contribution is 6.29. The number of aliphatic hydroxyl groups is 1. The second-order valence-corrected chi connectivity index (χ2v) is 8.10. The molecule has 3 rings (SSSR count). The van der Waals surface area contributed by atoms with Crippen LogP contribution >= 0.6 is 11.6 Å². The van der Waals surface area contributed by atoms with Gasteiger partial charge in [-0.05, 0) is 38.5 Å². The molecule has 1 aromatic carbocycles. The van der Waals surface area contributed by atoms with Crippen molar-refractivity contribution in [2.24, 2.45) is 0 Å². The van der Waals surface area contributed by atoms with Gasteiger partial charge in [0.2, 0.25) is 0 Å². The number of nitrogen functional groups attached to an aromatic ring is 1. The Morgan fingerprint density at radius 3 is 2.75 bits per heavy atom. The highest BCUT2D eigenvalue weighted by Crippen LogP contribution is 2.25. The monoisotopic (exact) mass is 450 g/mol. The fourth-order valence-electron chi connectivity index (χ4n) is 3.07. The summed E-state index contributed by atoms with van der Waals surface area (Å²) in [6.45, 7) is 5.19. The molecule has 6 N–H and O–H groups in total.